The van der Waals surface area contributed by atoms with Gasteiger partial charge in [-0.1, -0.05) is 48.5 Å². The lowest BCUT2D eigenvalue weighted by Crippen LogP contribution is -2.67. The molecule has 5 N–H and O–H groups in total. The number of Topliss-reactive ketones (excluding diaryl/α,β-unsaturated/α-hetero) is 1. The Balaban J connectivity index is 1.82. The Hall–Kier alpha value is -3.88. The third kappa shape index (κ3) is 4.65. The number of ketones is 1. The first-order valence-corrected chi connectivity index (χ1v) is 10.9. The van der Waals surface area contributed by atoms with E-state index in [1.54, 1.807) is 36.4 Å². The number of hydrogen-bond donors (Lipinski definition) is 5. The van der Waals surface area contributed by atoms with Crippen LogP contribution in [0.3, 0.4) is 0 Å². The maximum absolute atomic E-state index is 13.6. The van der Waals surface area contributed by atoms with Gasteiger partial charge in [0, 0.05) is 16.1 Å². The molecule has 188 valence electrons. The number of aliphatic hydroxyl groups is 3. The summed E-state index contributed by atoms with van der Waals surface area (Å²) in [6, 6.07) is 13.5. The summed E-state index contributed by atoms with van der Waals surface area (Å²) in [5.41, 5.74) is 0.204. The zero-order valence-electron chi connectivity index (χ0n) is 18.7. The highest BCUT2D eigenvalue weighted by Crippen LogP contribution is 2.25. The number of nitrogens with zero attached hydrogens (tertiary/aromatic N) is 3. The number of benzene rings is 2. The third-order valence-corrected chi connectivity index (χ3v) is 5.90. The van der Waals surface area contributed by atoms with Crippen LogP contribution in [0.25, 0.3) is 0 Å². The Kier molecular flexibility index (Phi) is 7.28. The summed E-state index contributed by atoms with van der Waals surface area (Å²) in [7, 11) is 0. The van der Waals surface area contributed by atoms with Gasteiger partial charge in [0.2, 0.25) is 11.6 Å². The van der Waals surface area contributed by atoms with Crippen molar-refractivity contribution in [2.75, 3.05) is 6.61 Å². The first kappa shape index (κ1) is 25.2. The topological polar surface area (TPSA) is 199 Å². The molecule has 3 unspecified atom stereocenters. The number of aliphatic imine (C=N–C) groups is 1. The van der Waals surface area contributed by atoms with Crippen molar-refractivity contribution < 1.29 is 34.6 Å². The fourth-order valence-corrected chi connectivity index (χ4v) is 4.06. The molecule has 2 aromatic carbocycles. The lowest BCUT2D eigenvalue weighted by Gasteiger charge is -2.38. The average molecular weight is 497 g/mol. The molecular formula is C23H23N5O8. The van der Waals surface area contributed by atoms with Gasteiger partial charge in [0.1, 0.15) is 24.5 Å². The quantitative estimate of drug-likeness (QED) is 0.188. The summed E-state index contributed by atoms with van der Waals surface area (Å²) >= 11 is 0. The molecule has 36 heavy (non-hydrogen) atoms. The smallest absolute Gasteiger partial charge is 0.304 e. The summed E-state index contributed by atoms with van der Waals surface area (Å²) in [6.45, 7) is -0.651. The molecule has 0 saturated carbocycles. The fraction of sp³-hybridized carbons (Fsp3) is 0.304. The lowest BCUT2D eigenvalue weighted by molar-refractivity contribution is -0.511. The number of carbonyl (C=O) groups excluding carboxylic acids is 2. The van der Waals surface area contributed by atoms with Crippen molar-refractivity contribution in [1.29, 1.82) is 5.41 Å². The number of aliphatic hydroxyl groups excluding tert-OH is 3. The first-order valence-electron chi connectivity index (χ1n) is 10.9. The Morgan fingerprint density at radius 2 is 1.64 bits per heavy atom. The second-order valence-corrected chi connectivity index (χ2v) is 8.16. The third-order valence-electron chi connectivity index (χ3n) is 5.90. The van der Waals surface area contributed by atoms with Gasteiger partial charge in [-0.25, -0.2) is 4.99 Å². The van der Waals surface area contributed by atoms with Crippen LogP contribution in [0, 0.1) is 15.5 Å². The van der Waals surface area contributed by atoms with Crippen molar-refractivity contribution in [3.63, 3.8) is 0 Å². The van der Waals surface area contributed by atoms with E-state index in [1.807, 2.05) is 0 Å². The number of carbonyl (C=O) groups is 2. The molecule has 0 aromatic heterocycles. The minimum absolute atomic E-state index is 0.0783. The van der Waals surface area contributed by atoms with E-state index in [1.165, 1.54) is 24.3 Å². The molecule has 0 bridgehead atoms. The standard InChI is InChI=1S/C23H23N5O8/c24-19-15(28(34)35)20(26-22-18(32)17(31)14(11-29)36-22)27(23(33)13-9-5-2-6-10-13)21(25-19)16(30)12-7-3-1-4-8-12/h1-10,14-15,17-18,20,22,24,26,29,31-32H,11H2/t14-,15?,17-,18-,20?,22?/m1/s1. The molecular weight excluding hydrogens is 474 g/mol. The highest BCUT2D eigenvalue weighted by Gasteiger charge is 2.53. The summed E-state index contributed by atoms with van der Waals surface area (Å²) in [5.74, 6) is -2.94. The minimum Gasteiger partial charge on any atom is -0.394 e. The molecule has 2 aliphatic rings. The number of nitro groups is 1. The lowest BCUT2D eigenvalue weighted by atomic mass is 10.0. The van der Waals surface area contributed by atoms with Gasteiger partial charge in [-0.05, 0) is 12.1 Å². The Morgan fingerprint density at radius 1 is 1.06 bits per heavy atom. The maximum Gasteiger partial charge on any atom is 0.304 e. The molecule has 2 aliphatic heterocycles. The minimum atomic E-state index is -1.95. The zero-order chi connectivity index (χ0) is 26.0. The van der Waals surface area contributed by atoms with E-state index in [0.717, 1.165) is 4.90 Å². The highest BCUT2D eigenvalue weighted by atomic mass is 16.6. The molecule has 1 saturated heterocycles. The van der Waals surface area contributed by atoms with Gasteiger partial charge in [0.15, 0.2) is 12.0 Å². The molecule has 1 fully saturated rings. The van der Waals surface area contributed by atoms with Crippen molar-refractivity contribution in [2.24, 2.45) is 4.99 Å². The molecule has 0 aliphatic carbocycles. The van der Waals surface area contributed by atoms with Crippen LogP contribution in [0.2, 0.25) is 0 Å². The molecule has 1 amide bonds. The molecule has 0 spiro atoms. The SMILES string of the molecule is N=C1N=C(C(=O)c2ccccc2)N(C(=O)c2ccccc2)C(NC2O[C@H](CO)[C@@H](O)[C@H]2O)C1[N+](=O)[O-]. The summed E-state index contributed by atoms with van der Waals surface area (Å²) in [5, 5.41) is 52.7. The Morgan fingerprint density at radius 3 is 2.17 bits per heavy atom. The predicted molar refractivity (Wildman–Crippen MR) is 124 cm³/mol. The monoisotopic (exact) mass is 497 g/mol. The molecule has 0 radical (unpaired) electrons. The van der Waals surface area contributed by atoms with Crippen LogP contribution in [-0.2, 0) is 4.74 Å². The van der Waals surface area contributed by atoms with Gasteiger partial charge < -0.3 is 20.1 Å². The van der Waals surface area contributed by atoms with Crippen LogP contribution in [0.15, 0.2) is 65.7 Å². The van der Waals surface area contributed by atoms with Gasteiger partial charge in [0.05, 0.1) is 6.61 Å². The summed E-state index contributed by atoms with van der Waals surface area (Å²) in [6.07, 6.45) is -7.56. The molecule has 4 rings (SSSR count). The van der Waals surface area contributed by atoms with Gasteiger partial charge in [-0.15, -0.1) is 0 Å². The van der Waals surface area contributed by atoms with Gasteiger partial charge >= 0.3 is 6.04 Å². The highest BCUT2D eigenvalue weighted by molar-refractivity contribution is 6.49. The van der Waals surface area contributed by atoms with Crippen LogP contribution in [0.1, 0.15) is 20.7 Å². The molecule has 13 nitrogen and oxygen atoms in total. The zero-order valence-corrected chi connectivity index (χ0v) is 18.7. The number of amidine groups is 2. The second kappa shape index (κ2) is 10.4. The van der Waals surface area contributed by atoms with Crippen molar-refractivity contribution >= 4 is 23.4 Å². The maximum atomic E-state index is 13.6. The first-order chi connectivity index (χ1) is 17.2. The van der Waals surface area contributed by atoms with Crippen molar-refractivity contribution in [3.8, 4) is 0 Å². The van der Waals surface area contributed by atoms with E-state index in [-0.39, 0.29) is 11.1 Å². The number of nitrogens with one attached hydrogen (secondary N) is 2. The largest absolute Gasteiger partial charge is 0.394 e. The normalized spacial score (nSPS) is 28.0. The van der Waals surface area contributed by atoms with Crippen molar-refractivity contribution in [1.82, 2.24) is 10.2 Å². The Bertz CT molecular complexity index is 1190. The molecule has 2 aromatic rings. The average Bonchev–Trinajstić information content (AvgIpc) is 3.16. The summed E-state index contributed by atoms with van der Waals surface area (Å²) in [4.78, 5) is 42.8. The van der Waals surface area contributed by atoms with Crippen LogP contribution in [-0.4, -0.2) is 91.9 Å². The number of amides is 1. The van der Waals surface area contributed by atoms with Gasteiger partial charge in [0.25, 0.3) is 5.91 Å². The van der Waals surface area contributed by atoms with Crippen LogP contribution >= 0.6 is 0 Å². The number of ether oxygens (including phenoxy) is 1. The number of hydrogen-bond acceptors (Lipinski definition) is 10. The van der Waals surface area contributed by atoms with E-state index in [0.29, 0.717) is 0 Å². The Labute approximate surface area is 204 Å². The van der Waals surface area contributed by atoms with Gasteiger partial charge in [-0.3, -0.25) is 35.3 Å². The molecule has 6 atom stereocenters. The number of rotatable bonds is 7. The van der Waals surface area contributed by atoms with Crippen LogP contribution in [0.4, 0.5) is 0 Å². The fourth-order valence-electron chi connectivity index (χ4n) is 4.06. The van der Waals surface area contributed by atoms with E-state index in [2.05, 4.69) is 10.3 Å². The van der Waals surface area contributed by atoms with E-state index < -0.39 is 71.6 Å². The molecule has 13 heteroatoms. The van der Waals surface area contributed by atoms with E-state index in [4.69, 9.17) is 10.1 Å². The van der Waals surface area contributed by atoms with E-state index >= 15 is 0 Å². The molecule has 2 heterocycles. The van der Waals surface area contributed by atoms with Crippen LogP contribution < -0.4 is 5.32 Å². The van der Waals surface area contributed by atoms with Gasteiger partial charge in [-0.2, -0.15) is 0 Å². The van der Waals surface area contributed by atoms with Crippen LogP contribution in [0.5, 0.6) is 0 Å². The second-order valence-electron chi connectivity index (χ2n) is 8.16. The summed E-state index contributed by atoms with van der Waals surface area (Å²) < 4.78 is 5.40. The van der Waals surface area contributed by atoms with E-state index in [9.17, 15) is 35.0 Å². The predicted octanol–water partition coefficient (Wildman–Crippen LogP) is -0.599. The van der Waals surface area contributed by atoms with Crippen molar-refractivity contribution in [3.05, 3.63) is 81.9 Å². The van der Waals surface area contributed by atoms with Crippen molar-refractivity contribution in [2.45, 2.75) is 36.7 Å².